The van der Waals surface area contributed by atoms with Crippen molar-refractivity contribution in [3.8, 4) is 0 Å². The molecule has 0 bridgehead atoms. The van der Waals surface area contributed by atoms with Gasteiger partial charge in [-0.15, -0.1) is 11.3 Å². The predicted octanol–water partition coefficient (Wildman–Crippen LogP) is 1.16. The molecular weight excluding hydrogens is 158 g/mol. The Bertz CT molecular complexity index is 374. The number of imidazole rings is 1. The van der Waals surface area contributed by atoms with E-state index in [2.05, 4.69) is 21.7 Å². The van der Waals surface area contributed by atoms with Gasteiger partial charge in [0, 0.05) is 11.1 Å². The lowest BCUT2D eigenvalue weighted by atomic mass is 10.5. The highest BCUT2D eigenvalue weighted by Gasteiger charge is 2.04. The second-order valence-electron chi connectivity index (χ2n) is 2.43. The van der Waals surface area contributed by atoms with Crippen LogP contribution in [0.1, 0.15) is 11.5 Å². The summed E-state index contributed by atoms with van der Waals surface area (Å²) in [6.45, 7) is 2.57. The van der Waals surface area contributed by atoms with Crippen LogP contribution in [-0.2, 0) is 6.54 Å². The number of aromatic nitrogens is 2. The smallest absolute Gasteiger partial charge is 0.127 e. The fourth-order valence-electron chi connectivity index (χ4n) is 1.18. The Hall–Kier alpha value is -0.870. The van der Waals surface area contributed by atoms with Crippen LogP contribution >= 0.6 is 11.3 Å². The van der Waals surface area contributed by atoms with Crippen LogP contribution in [0.3, 0.4) is 0 Å². The van der Waals surface area contributed by atoms with Crippen LogP contribution in [0.25, 0.3) is 4.83 Å². The van der Waals surface area contributed by atoms with Crippen molar-refractivity contribution in [2.24, 2.45) is 5.73 Å². The average Bonchev–Trinajstić information content (AvgIpc) is 2.54. The molecule has 0 aliphatic heterocycles. The third-order valence-corrected chi connectivity index (χ3v) is 2.68. The van der Waals surface area contributed by atoms with E-state index >= 15 is 0 Å². The standard InChI is InChI=1S/C7H9N3S/c1-5-4-11-7-3-9-6(2-8)10(5)7/h3-4H,2,8H2,1H3. The quantitative estimate of drug-likeness (QED) is 0.692. The van der Waals surface area contributed by atoms with Crippen molar-refractivity contribution in [2.45, 2.75) is 13.5 Å². The Kier molecular flexibility index (Phi) is 1.44. The molecule has 0 saturated carbocycles. The summed E-state index contributed by atoms with van der Waals surface area (Å²) in [6.07, 6.45) is 1.86. The molecule has 3 nitrogen and oxygen atoms in total. The topological polar surface area (TPSA) is 43.3 Å². The fourth-order valence-corrected chi connectivity index (χ4v) is 2.04. The zero-order chi connectivity index (χ0) is 7.84. The van der Waals surface area contributed by atoms with E-state index in [1.165, 1.54) is 10.5 Å². The number of hydrogen-bond donors (Lipinski definition) is 1. The van der Waals surface area contributed by atoms with Crippen molar-refractivity contribution in [3.63, 3.8) is 0 Å². The van der Waals surface area contributed by atoms with E-state index in [-0.39, 0.29) is 0 Å². The van der Waals surface area contributed by atoms with E-state index in [9.17, 15) is 0 Å². The van der Waals surface area contributed by atoms with Crippen molar-refractivity contribution in [3.05, 3.63) is 23.1 Å². The molecule has 2 aromatic rings. The number of nitrogens with zero attached hydrogens (tertiary/aromatic N) is 2. The van der Waals surface area contributed by atoms with Gasteiger partial charge >= 0.3 is 0 Å². The summed E-state index contributed by atoms with van der Waals surface area (Å²) in [4.78, 5) is 5.35. The van der Waals surface area contributed by atoms with Crippen LogP contribution in [-0.4, -0.2) is 9.38 Å². The van der Waals surface area contributed by atoms with Gasteiger partial charge in [-0.1, -0.05) is 0 Å². The van der Waals surface area contributed by atoms with Gasteiger partial charge in [-0.25, -0.2) is 4.98 Å². The Labute approximate surface area is 68.5 Å². The maximum atomic E-state index is 5.51. The summed E-state index contributed by atoms with van der Waals surface area (Å²) in [5.41, 5.74) is 6.72. The number of fused-ring (bicyclic) bond motifs is 1. The van der Waals surface area contributed by atoms with E-state index in [1.54, 1.807) is 11.3 Å². The molecule has 2 heterocycles. The van der Waals surface area contributed by atoms with Crippen molar-refractivity contribution in [1.82, 2.24) is 9.38 Å². The van der Waals surface area contributed by atoms with Gasteiger partial charge in [-0.2, -0.15) is 0 Å². The first-order chi connectivity index (χ1) is 5.33. The zero-order valence-corrected chi connectivity index (χ0v) is 7.06. The van der Waals surface area contributed by atoms with Crippen LogP contribution in [0.15, 0.2) is 11.6 Å². The highest BCUT2D eigenvalue weighted by atomic mass is 32.1. The van der Waals surface area contributed by atoms with E-state index in [1.807, 2.05) is 6.20 Å². The third-order valence-electron chi connectivity index (χ3n) is 1.69. The first kappa shape index (κ1) is 6.82. The Morgan fingerprint density at radius 2 is 2.55 bits per heavy atom. The molecule has 11 heavy (non-hydrogen) atoms. The highest BCUT2D eigenvalue weighted by Crippen LogP contribution is 2.16. The molecule has 0 spiro atoms. The van der Waals surface area contributed by atoms with Gasteiger partial charge in [0.25, 0.3) is 0 Å². The van der Waals surface area contributed by atoms with Crippen molar-refractivity contribution in [1.29, 1.82) is 0 Å². The largest absolute Gasteiger partial charge is 0.324 e. The van der Waals surface area contributed by atoms with Crippen molar-refractivity contribution >= 4 is 16.2 Å². The maximum Gasteiger partial charge on any atom is 0.127 e. The predicted molar refractivity (Wildman–Crippen MR) is 45.7 cm³/mol. The molecule has 2 aromatic heterocycles. The molecule has 4 heteroatoms. The van der Waals surface area contributed by atoms with Crippen LogP contribution in [0, 0.1) is 6.92 Å². The number of hydrogen-bond acceptors (Lipinski definition) is 3. The van der Waals surface area contributed by atoms with Crippen LogP contribution in [0.5, 0.6) is 0 Å². The monoisotopic (exact) mass is 167 g/mol. The second kappa shape index (κ2) is 2.32. The van der Waals surface area contributed by atoms with Crippen molar-refractivity contribution < 1.29 is 0 Å². The Morgan fingerprint density at radius 3 is 3.27 bits per heavy atom. The van der Waals surface area contributed by atoms with Gasteiger partial charge in [0.1, 0.15) is 10.7 Å². The highest BCUT2D eigenvalue weighted by molar-refractivity contribution is 7.15. The van der Waals surface area contributed by atoms with Gasteiger partial charge < -0.3 is 5.73 Å². The first-order valence-electron chi connectivity index (χ1n) is 3.43. The molecule has 2 rings (SSSR count). The molecule has 0 radical (unpaired) electrons. The number of thiazole rings is 1. The maximum absolute atomic E-state index is 5.51. The SMILES string of the molecule is Cc1csc2cnc(CN)n12. The number of nitrogens with two attached hydrogens (primary N) is 1. The van der Waals surface area contributed by atoms with Crippen LogP contribution < -0.4 is 5.73 Å². The summed E-state index contributed by atoms with van der Waals surface area (Å²) in [7, 11) is 0. The molecule has 0 amide bonds. The number of aryl methyl sites for hydroxylation is 1. The summed E-state index contributed by atoms with van der Waals surface area (Å²) in [5.74, 6) is 0.943. The molecule has 0 aliphatic rings. The van der Waals surface area contributed by atoms with E-state index in [0.29, 0.717) is 6.54 Å². The Morgan fingerprint density at radius 1 is 1.73 bits per heavy atom. The molecule has 0 unspecified atom stereocenters. The molecular formula is C7H9N3S. The van der Waals surface area contributed by atoms with E-state index < -0.39 is 0 Å². The average molecular weight is 167 g/mol. The zero-order valence-electron chi connectivity index (χ0n) is 6.24. The second-order valence-corrected chi connectivity index (χ2v) is 3.32. The van der Waals surface area contributed by atoms with Gasteiger partial charge in [-0.05, 0) is 6.92 Å². The minimum absolute atomic E-state index is 0.506. The van der Waals surface area contributed by atoms with Gasteiger partial charge in [0.15, 0.2) is 0 Å². The van der Waals surface area contributed by atoms with E-state index in [4.69, 9.17) is 5.73 Å². The van der Waals surface area contributed by atoms with Gasteiger partial charge in [0.2, 0.25) is 0 Å². The van der Waals surface area contributed by atoms with Crippen LogP contribution in [0.4, 0.5) is 0 Å². The third kappa shape index (κ3) is 0.868. The number of rotatable bonds is 1. The summed E-state index contributed by atoms with van der Waals surface area (Å²) in [5, 5.41) is 2.11. The molecule has 0 fully saturated rings. The fraction of sp³-hybridized carbons (Fsp3) is 0.286. The minimum Gasteiger partial charge on any atom is -0.324 e. The normalized spacial score (nSPS) is 11.1. The summed E-state index contributed by atoms with van der Waals surface area (Å²) < 4.78 is 2.09. The molecule has 2 N–H and O–H groups in total. The molecule has 0 saturated heterocycles. The first-order valence-corrected chi connectivity index (χ1v) is 4.31. The lowest BCUT2D eigenvalue weighted by Crippen LogP contribution is -2.02. The van der Waals surface area contributed by atoms with Crippen LogP contribution in [0.2, 0.25) is 0 Å². The summed E-state index contributed by atoms with van der Waals surface area (Å²) in [6, 6.07) is 0. The lowest BCUT2D eigenvalue weighted by molar-refractivity contribution is 0.890. The van der Waals surface area contributed by atoms with Gasteiger partial charge in [-0.3, -0.25) is 4.40 Å². The van der Waals surface area contributed by atoms with E-state index in [0.717, 1.165) is 5.82 Å². The molecule has 58 valence electrons. The lowest BCUT2D eigenvalue weighted by Gasteiger charge is -1.93. The molecule has 0 aliphatic carbocycles. The molecule has 0 atom stereocenters. The van der Waals surface area contributed by atoms with Crippen molar-refractivity contribution in [2.75, 3.05) is 0 Å². The van der Waals surface area contributed by atoms with Gasteiger partial charge in [0.05, 0.1) is 12.7 Å². The summed E-state index contributed by atoms with van der Waals surface area (Å²) >= 11 is 1.70. The minimum atomic E-state index is 0.506. The Balaban J connectivity index is 2.80. The molecule has 0 aromatic carbocycles.